The van der Waals surface area contributed by atoms with Crippen molar-refractivity contribution < 1.29 is 14.6 Å². The molecule has 0 radical (unpaired) electrons. The summed E-state index contributed by atoms with van der Waals surface area (Å²) in [5, 5.41) is 10.3. The van der Waals surface area contributed by atoms with Gasteiger partial charge in [0.2, 0.25) is 0 Å². The number of nitrogens with zero attached hydrogens (tertiary/aromatic N) is 1. The molecular weight excluding hydrogens is 254 g/mol. The van der Waals surface area contributed by atoms with E-state index in [1.165, 1.54) is 19.3 Å². The molecule has 120 valence electrons. The van der Waals surface area contributed by atoms with Crippen LogP contribution < -0.4 is 0 Å². The second kappa shape index (κ2) is 11.5. The average Bonchev–Trinajstić information content (AvgIpc) is 2.64. The first-order valence-electron chi connectivity index (χ1n) is 8.33. The third-order valence-corrected chi connectivity index (χ3v) is 4.12. The van der Waals surface area contributed by atoms with Gasteiger partial charge in [-0.3, -0.25) is 4.90 Å². The highest BCUT2D eigenvalue weighted by Crippen LogP contribution is 2.24. The molecule has 0 bridgehead atoms. The maximum atomic E-state index is 10.3. The summed E-state index contributed by atoms with van der Waals surface area (Å²) in [5.41, 5.74) is 0. The first kappa shape index (κ1) is 17.9. The predicted molar refractivity (Wildman–Crippen MR) is 82.0 cm³/mol. The number of rotatable bonds is 10. The highest BCUT2D eigenvalue weighted by atomic mass is 16.5. The number of aliphatic hydroxyl groups excluding tert-OH is 1. The van der Waals surface area contributed by atoms with E-state index in [1.807, 2.05) is 13.8 Å². The van der Waals surface area contributed by atoms with Gasteiger partial charge in [0.25, 0.3) is 0 Å². The quantitative estimate of drug-likeness (QED) is 0.494. The van der Waals surface area contributed by atoms with Crippen molar-refractivity contribution in [3.05, 3.63) is 0 Å². The Kier molecular flexibility index (Phi) is 10.3. The Balaban J connectivity index is 2.38. The Labute approximate surface area is 124 Å². The molecule has 1 N–H and O–H groups in total. The van der Waals surface area contributed by atoms with E-state index in [4.69, 9.17) is 9.47 Å². The van der Waals surface area contributed by atoms with Gasteiger partial charge in [-0.1, -0.05) is 19.3 Å². The topological polar surface area (TPSA) is 41.9 Å². The summed E-state index contributed by atoms with van der Waals surface area (Å²) < 4.78 is 10.9. The van der Waals surface area contributed by atoms with Crippen molar-refractivity contribution in [3.8, 4) is 0 Å². The van der Waals surface area contributed by atoms with Crippen LogP contribution in [0.4, 0.5) is 0 Å². The van der Waals surface area contributed by atoms with Gasteiger partial charge in [-0.05, 0) is 32.6 Å². The molecule has 0 aromatic heterocycles. The van der Waals surface area contributed by atoms with Crippen LogP contribution in [0.1, 0.15) is 46.0 Å². The zero-order valence-electron chi connectivity index (χ0n) is 13.4. The zero-order valence-corrected chi connectivity index (χ0v) is 13.4. The van der Waals surface area contributed by atoms with Crippen molar-refractivity contribution in [2.24, 2.45) is 5.92 Å². The van der Waals surface area contributed by atoms with E-state index in [9.17, 15) is 5.11 Å². The van der Waals surface area contributed by atoms with Crippen LogP contribution in [0.2, 0.25) is 0 Å². The molecule has 20 heavy (non-hydrogen) atoms. The van der Waals surface area contributed by atoms with E-state index in [2.05, 4.69) is 4.90 Å². The second-order valence-corrected chi connectivity index (χ2v) is 5.66. The van der Waals surface area contributed by atoms with Crippen molar-refractivity contribution in [1.82, 2.24) is 4.90 Å². The van der Waals surface area contributed by atoms with Gasteiger partial charge in [-0.25, -0.2) is 0 Å². The van der Waals surface area contributed by atoms with Crippen LogP contribution >= 0.6 is 0 Å². The largest absolute Gasteiger partial charge is 0.393 e. The summed E-state index contributed by atoms with van der Waals surface area (Å²) in [5.74, 6) is 0.417. The lowest BCUT2D eigenvalue weighted by atomic mass is 9.96. The van der Waals surface area contributed by atoms with Gasteiger partial charge in [0.05, 0.1) is 19.3 Å². The molecule has 1 fully saturated rings. The molecule has 1 aliphatic carbocycles. The van der Waals surface area contributed by atoms with Crippen molar-refractivity contribution in [2.45, 2.75) is 52.1 Å². The van der Waals surface area contributed by atoms with Crippen molar-refractivity contribution in [2.75, 3.05) is 46.1 Å². The van der Waals surface area contributed by atoms with Gasteiger partial charge in [-0.2, -0.15) is 0 Å². The van der Waals surface area contributed by atoms with Crippen LogP contribution in [0.3, 0.4) is 0 Å². The van der Waals surface area contributed by atoms with Gasteiger partial charge in [0.15, 0.2) is 0 Å². The normalized spacial score (nSPS) is 24.0. The van der Waals surface area contributed by atoms with E-state index in [0.29, 0.717) is 5.92 Å². The highest BCUT2D eigenvalue weighted by molar-refractivity contribution is 4.76. The smallest absolute Gasteiger partial charge is 0.0593 e. The fourth-order valence-electron chi connectivity index (χ4n) is 2.88. The SMILES string of the molecule is CCOCCN(CCOCC)CC1CCCCCC1O. The van der Waals surface area contributed by atoms with E-state index < -0.39 is 0 Å². The Morgan fingerprint density at radius 1 is 0.950 bits per heavy atom. The molecule has 4 heteroatoms. The Morgan fingerprint density at radius 3 is 2.15 bits per heavy atom. The van der Waals surface area contributed by atoms with Crippen LogP contribution in [-0.4, -0.2) is 62.2 Å². The molecule has 0 aromatic carbocycles. The monoisotopic (exact) mass is 287 g/mol. The molecule has 0 saturated heterocycles. The van der Waals surface area contributed by atoms with Gasteiger partial charge in [0.1, 0.15) is 0 Å². The number of hydrogen-bond acceptors (Lipinski definition) is 4. The van der Waals surface area contributed by atoms with Crippen molar-refractivity contribution >= 4 is 0 Å². The molecule has 2 unspecified atom stereocenters. The lowest BCUT2D eigenvalue weighted by Gasteiger charge is -2.29. The molecule has 0 spiro atoms. The van der Waals surface area contributed by atoms with Crippen LogP contribution in [0.25, 0.3) is 0 Å². The lowest BCUT2D eigenvalue weighted by Crippen LogP contribution is -2.38. The van der Waals surface area contributed by atoms with Gasteiger partial charge < -0.3 is 14.6 Å². The number of ether oxygens (including phenoxy) is 2. The van der Waals surface area contributed by atoms with Crippen LogP contribution in [0.5, 0.6) is 0 Å². The highest BCUT2D eigenvalue weighted by Gasteiger charge is 2.23. The van der Waals surface area contributed by atoms with Gasteiger partial charge >= 0.3 is 0 Å². The molecule has 0 aliphatic heterocycles. The summed E-state index contributed by atoms with van der Waals surface area (Å²) in [6.07, 6.45) is 5.70. The van der Waals surface area contributed by atoms with Crippen LogP contribution in [-0.2, 0) is 9.47 Å². The number of hydrogen-bond donors (Lipinski definition) is 1. The third-order valence-electron chi connectivity index (χ3n) is 4.12. The molecule has 0 amide bonds. The van der Waals surface area contributed by atoms with Gasteiger partial charge in [0, 0.05) is 32.8 Å². The zero-order chi connectivity index (χ0) is 14.6. The van der Waals surface area contributed by atoms with Crippen molar-refractivity contribution in [1.29, 1.82) is 0 Å². The van der Waals surface area contributed by atoms with E-state index in [-0.39, 0.29) is 6.10 Å². The maximum Gasteiger partial charge on any atom is 0.0593 e. The summed E-state index contributed by atoms with van der Waals surface area (Å²) >= 11 is 0. The molecular formula is C16H33NO3. The summed E-state index contributed by atoms with van der Waals surface area (Å²) in [6.45, 7) is 9.97. The summed E-state index contributed by atoms with van der Waals surface area (Å²) in [6, 6.07) is 0. The molecule has 1 saturated carbocycles. The van der Waals surface area contributed by atoms with Crippen molar-refractivity contribution in [3.63, 3.8) is 0 Å². The standard InChI is InChI=1S/C16H33NO3/c1-3-19-12-10-17(11-13-20-4-2)14-15-8-6-5-7-9-16(15)18/h15-16,18H,3-14H2,1-2H3. The number of aliphatic hydroxyl groups is 1. The fourth-order valence-corrected chi connectivity index (χ4v) is 2.88. The minimum Gasteiger partial charge on any atom is -0.393 e. The summed E-state index contributed by atoms with van der Waals surface area (Å²) in [4.78, 5) is 2.39. The Bertz CT molecular complexity index is 216. The fraction of sp³-hybridized carbons (Fsp3) is 1.00. The predicted octanol–water partition coefficient (Wildman–Crippen LogP) is 2.30. The molecule has 1 rings (SSSR count). The van der Waals surface area contributed by atoms with Crippen LogP contribution in [0.15, 0.2) is 0 Å². The Morgan fingerprint density at radius 2 is 1.55 bits per heavy atom. The van der Waals surface area contributed by atoms with Gasteiger partial charge in [-0.15, -0.1) is 0 Å². The minimum absolute atomic E-state index is 0.126. The van der Waals surface area contributed by atoms with E-state index >= 15 is 0 Å². The molecule has 0 aromatic rings. The first-order chi connectivity index (χ1) is 9.77. The second-order valence-electron chi connectivity index (χ2n) is 5.66. The minimum atomic E-state index is -0.126. The lowest BCUT2D eigenvalue weighted by molar-refractivity contribution is 0.0430. The summed E-state index contributed by atoms with van der Waals surface area (Å²) in [7, 11) is 0. The van der Waals surface area contributed by atoms with Crippen LogP contribution in [0, 0.1) is 5.92 Å². The maximum absolute atomic E-state index is 10.3. The van der Waals surface area contributed by atoms with E-state index in [0.717, 1.165) is 58.9 Å². The molecule has 0 heterocycles. The molecule has 4 nitrogen and oxygen atoms in total. The third kappa shape index (κ3) is 7.58. The van der Waals surface area contributed by atoms with E-state index in [1.54, 1.807) is 0 Å². The Hall–Kier alpha value is -0.160. The molecule has 2 atom stereocenters. The average molecular weight is 287 g/mol. The first-order valence-corrected chi connectivity index (χ1v) is 8.33. The molecule has 1 aliphatic rings.